The molecule has 0 aromatic rings. The molecule has 2 rings (SSSR count). The maximum absolute atomic E-state index is 12.3. The first-order valence-corrected chi connectivity index (χ1v) is 21.9. The van der Waals surface area contributed by atoms with Crippen molar-refractivity contribution in [2.45, 2.75) is 142 Å². The minimum absolute atomic E-state index is 0.308. The van der Waals surface area contributed by atoms with Crippen LogP contribution < -0.4 is 0 Å². The van der Waals surface area contributed by atoms with Crippen molar-refractivity contribution in [3.8, 4) is 0 Å². The quantitative estimate of drug-likeness (QED) is 0.0582. The predicted molar refractivity (Wildman–Crippen MR) is 141 cm³/mol. The molecule has 2 fully saturated rings. The van der Waals surface area contributed by atoms with E-state index in [2.05, 4.69) is 13.8 Å². The fourth-order valence-electron chi connectivity index (χ4n) is 4.27. The molecule has 1 spiro atoms. The molecule has 208 valence electrons. The van der Waals surface area contributed by atoms with Crippen molar-refractivity contribution in [3.63, 3.8) is 0 Å². The molecule has 35 heavy (non-hydrogen) atoms. The van der Waals surface area contributed by atoms with Crippen molar-refractivity contribution in [1.29, 1.82) is 0 Å². The van der Waals surface area contributed by atoms with E-state index < -0.39 is 35.7 Å². The molecule has 11 heteroatoms. The Hall–Kier alpha value is 1.02. The zero-order chi connectivity index (χ0) is 25.3. The van der Waals surface area contributed by atoms with Gasteiger partial charge in [-0.3, -0.25) is 0 Å². The van der Waals surface area contributed by atoms with Gasteiger partial charge in [0.15, 0.2) is 0 Å². The molecule has 0 amide bonds. The van der Waals surface area contributed by atoms with Crippen LogP contribution in [0.3, 0.4) is 0 Å². The van der Waals surface area contributed by atoms with E-state index in [1.54, 1.807) is 0 Å². The van der Waals surface area contributed by atoms with Crippen LogP contribution in [-0.2, 0) is 29.6 Å². The molecule has 0 aromatic heterocycles. The molecular weight excluding hydrogens is 597 g/mol. The van der Waals surface area contributed by atoms with Crippen molar-refractivity contribution in [1.82, 2.24) is 0 Å². The van der Waals surface area contributed by atoms with Gasteiger partial charge in [-0.15, -0.1) is 0 Å². The Balaban J connectivity index is 1.38. The van der Waals surface area contributed by atoms with Gasteiger partial charge >= 0.3 is 181 Å². The molecule has 0 saturated carbocycles. The van der Waals surface area contributed by atoms with E-state index in [0.717, 1.165) is 38.5 Å². The van der Waals surface area contributed by atoms with Crippen LogP contribution in [-0.4, -0.2) is 33.2 Å². The zero-order valence-corrected chi connectivity index (χ0v) is 26.9. The van der Waals surface area contributed by atoms with Crippen molar-refractivity contribution in [3.05, 3.63) is 0 Å². The number of phosphoric acid groups is 2. The van der Waals surface area contributed by atoms with Gasteiger partial charge in [0.2, 0.25) is 0 Å². The van der Waals surface area contributed by atoms with Crippen molar-refractivity contribution in [2.24, 2.45) is 0 Å². The molecule has 2 heterocycles. The monoisotopic (exact) mass is 648 g/mol. The third-order valence-electron chi connectivity index (χ3n) is 6.39. The first-order chi connectivity index (χ1) is 16.9. The van der Waals surface area contributed by atoms with E-state index >= 15 is 0 Å². The number of hydrogen-bond donors (Lipinski definition) is 0. The summed E-state index contributed by atoms with van der Waals surface area (Å²) in [5.74, 6) is 0. The second-order valence-corrected chi connectivity index (χ2v) is 21.9. The topological polar surface area (TPSA) is 89.5 Å². The molecule has 0 bridgehead atoms. The van der Waals surface area contributed by atoms with Gasteiger partial charge in [-0.1, -0.05) is 39.5 Å². The minimum atomic E-state index is -4.33. The molecular formula is C24H50O8P2Sn. The van der Waals surface area contributed by atoms with Gasteiger partial charge in [-0.25, -0.2) is 0 Å². The van der Waals surface area contributed by atoms with Crippen molar-refractivity contribution in [2.75, 3.05) is 13.2 Å². The van der Waals surface area contributed by atoms with Crippen LogP contribution in [0.1, 0.15) is 142 Å². The fourth-order valence-corrected chi connectivity index (χ4v) is 21.7. The summed E-state index contributed by atoms with van der Waals surface area (Å²) >= 11 is -4.33. The number of hydrogen-bond acceptors (Lipinski definition) is 8. The molecule has 2 saturated heterocycles. The molecule has 0 unspecified atom stereocenters. The fraction of sp³-hybridized carbons (Fsp3) is 1.00. The summed E-state index contributed by atoms with van der Waals surface area (Å²) in [5, 5.41) is 0. The first-order valence-electron chi connectivity index (χ1n) is 14.3. The summed E-state index contributed by atoms with van der Waals surface area (Å²) in [6, 6.07) is 0. The van der Waals surface area contributed by atoms with Crippen LogP contribution in [0.4, 0.5) is 0 Å². The maximum atomic E-state index is 12.3. The molecule has 0 radical (unpaired) electrons. The predicted octanol–water partition coefficient (Wildman–Crippen LogP) is 9.61. The van der Waals surface area contributed by atoms with E-state index in [1.807, 2.05) is 0 Å². The van der Waals surface area contributed by atoms with E-state index in [4.69, 9.17) is 20.5 Å². The third-order valence-corrected chi connectivity index (χ3v) is 24.5. The summed E-state index contributed by atoms with van der Waals surface area (Å²) < 4.78 is 56.2. The molecule has 0 atom stereocenters. The molecule has 0 aliphatic carbocycles. The Bertz CT molecular complexity index is 574. The summed E-state index contributed by atoms with van der Waals surface area (Å²) in [4.78, 5) is 0. The van der Waals surface area contributed by atoms with Crippen LogP contribution in [0.2, 0.25) is 0 Å². The Morgan fingerprint density at radius 1 is 0.457 bits per heavy atom. The Labute approximate surface area is 220 Å². The second kappa shape index (κ2) is 18.3. The van der Waals surface area contributed by atoms with Crippen LogP contribution >= 0.6 is 15.6 Å². The second-order valence-electron chi connectivity index (χ2n) is 9.79. The van der Waals surface area contributed by atoms with Gasteiger partial charge in [-0.05, 0) is 0 Å². The van der Waals surface area contributed by atoms with Crippen LogP contribution in [0.25, 0.3) is 0 Å². The molecule has 2 aliphatic rings. The molecule has 8 nitrogen and oxygen atoms in total. The normalized spacial score (nSPS) is 27.7. The number of unbranched alkanes of at least 4 members (excludes halogenated alkanes) is 18. The Morgan fingerprint density at radius 2 is 0.714 bits per heavy atom. The first kappa shape index (κ1) is 32.2. The van der Waals surface area contributed by atoms with Gasteiger partial charge in [-0.2, -0.15) is 0 Å². The standard InChI is InChI=1S/2C12H27O4P.Sn/c2*1-2-3-4-5-6-7-8-9-10-11-12-16-17(13,14)15;/h2*2-12H2,1H3,(H2,13,14,15);/q;;+4/p-4. The van der Waals surface area contributed by atoms with Crippen LogP contribution in [0.15, 0.2) is 0 Å². The third kappa shape index (κ3) is 13.6. The van der Waals surface area contributed by atoms with E-state index in [1.165, 1.54) is 89.9 Å². The SMILES string of the molecule is CCCCCCCCCCCCOP1(=O)[O][Sn]2([O]1)[O]P(=O)(OCCCCCCCCCCCC)[O]2. The summed E-state index contributed by atoms with van der Waals surface area (Å²) in [6.07, 6.45) is 24.2. The summed E-state index contributed by atoms with van der Waals surface area (Å²) in [7, 11) is -7.21. The van der Waals surface area contributed by atoms with Gasteiger partial charge in [0.25, 0.3) is 0 Å². The molecule has 0 aromatic carbocycles. The Kier molecular flexibility index (Phi) is 16.9. The van der Waals surface area contributed by atoms with E-state index in [9.17, 15) is 9.13 Å². The molecule has 2 aliphatic heterocycles. The van der Waals surface area contributed by atoms with Gasteiger partial charge in [0.1, 0.15) is 0 Å². The zero-order valence-electron chi connectivity index (χ0n) is 22.2. The van der Waals surface area contributed by atoms with Crippen LogP contribution in [0, 0.1) is 0 Å². The van der Waals surface area contributed by atoms with Gasteiger partial charge in [0.05, 0.1) is 0 Å². The Morgan fingerprint density at radius 3 is 1.00 bits per heavy atom. The van der Waals surface area contributed by atoms with Crippen molar-refractivity contribution >= 4 is 35.7 Å². The van der Waals surface area contributed by atoms with Gasteiger partial charge in [0, 0.05) is 0 Å². The summed E-state index contributed by atoms with van der Waals surface area (Å²) in [6.45, 7) is 5.09. The van der Waals surface area contributed by atoms with E-state index in [-0.39, 0.29) is 0 Å². The van der Waals surface area contributed by atoms with Crippen molar-refractivity contribution < 1.29 is 29.6 Å². The van der Waals surface area contributed by atoms with Crippen LogP contribution in [0.5, 0.6) is 0 Å². The van der Waals surface area contributed by atoms with Gasteiger partial charge < -0.3 is 0 Å². The number of rotatable bonds is 24. The average Bonchev–Trinajstić information content (AvgIpc) is 2.79. The van der Waals surface area contributed by atoms with E-state index in [0.29, 0.717) is 13.2 Å². The average molecular weight is 647 g/mol. The molecule has 0 N–H and O–H groups in total. The summed E-state index contributed by atoms with van der Waals surface area (Å²) in [5.41, 5.74) is 0.